The first-order chi connectivity index (χ1) is 6.79. The third kappa shape index (κ3) is 2.51. The minimum atomic E-state index is 0.230. The van der Waals surface area contributed by atoms with E-state index in [0.29, 0.717) is 0 Å². The highest BCUT2D eigenvalue weighted by Crippen LogP contribution is 2.40. The van der Waals surface area contributed by atoms with Crippen LogP contribution in [0.5, 0.6) is 0 Å². The van der Waals surface area contributed by atoms with Crippen molar-refractivity contribution in [1.29, 1.82) is 0 Å². The Bertz CT molecular complexity index is 285. The summed E-state index contributed by atoms with van der Waals surface area (Å²) in [5, 5.41) is 0.230. The molecule has 0 aromatic heterocycles. The molecule has 1 atom stereocenters. The predicted octanol–water partition coefficient (Wildman–Crippen LogP) is 4.33. The number of benzene rings is 1. The maximum Gasteiger partial charge on any atom is 0.0587 e. The third-order valence-corrected chi connectivity index (χ3v) is 3.42. The average Bonchev–Trinajstić information content (AvgIpc) is 3.02. The zero-order valence-electron chi connectivity index (χ0n) is 8.67. The van der Waals surface area contributed by atoms with Gasteiger partial charge >= 0.3 is 0 Å². The number of hydrogen-bond acceptors (Lipinski definition) is 0. The van der Waals surface area contributed by atoms with E-state index in [-0.39, 0.29) is 5.38 Å². The van der Waals surface area contributed by atoms with Crippen LogP contribution in [0.25, 0.3) is 0 Å². The Kier molecular flexibility index (Phi) is 3.12. The van der Waals surface area contributed by atoms with Gasteiger partial charge in [0.05, 0.1) is 5.38 Å². The Morgan fingerprint density at radius 3 is 2.43 bits per heavy atom. The Labute approximate surface area is 91.3 Å². The number of halogens is 1. The van der Waals surface area contributed by atoms with Crippen molar-refractivity contribution in [3.8, 4) is 0 Å². The molecule has 0 bridgehead atoms. The van der Waals surface area contributed by atoms with Gasteiger partial charge in [-0.25, -0.2) is 0 Å². The van der Waals surface area contributed by atoms with Gasteiger partial charge in [0.25, 0.3) is 0 Å². The fraction of sp³-hybridized carbons (Fsp3) is 0.538. The summed E-state index contributed by atoms with van der Waals surface area (Å²) in [4.78, 5) is 0. The van der Waals surface area contributed by atoms with Crippen molar-refractivity contribution in [2.45, 2.75) is 38.0 Å². The zero-order valence-corrected chi connectivity index (χ0v) is 9.43. The van der Waals surface area contributed by atoms with Crippen LogP contribution in [-0.4, -0.2) is 0 Å². The molecule has 0 radical (unpaired) electrons. The Balaban J connectivity index is 1.99. The van der Waals surface area contributed by atoms with Crippen molar-refractivity contribution >= 4 is 11.6 Å². The van der Waals surface area contributed by atoms with Crippen LogP contribution >= 0.6 is 11.6 Å². The van der Waals surface area contributed by atoms with E-state index in [0.717, 1.165) is 18.8 Å². The molecule has 76 valence electrons. The van der Waals surface area contributed by atoms with Gasteiger partial charge < -0.3 is 0 Å². The molecule has 1 aliphatic carbocycles. The van der Waals surface area contributed by atoms with Crippen LogP contribution in [0.4, 0.5) is 0 Å². The topological polar surface area (TPSA) is 0 Å². The smallest absolute Gasteiger partial charge is 0.0587 e. The lowest BCUT2D eigenvalue weighted by Crippen LogP contribution is -1.92. The lowest BCUT2D eigenvalue weighted by molar-refractivity contribution is 0.706. The second kappa shape index (κ2) is 4.35. The molecular formula is C13H17Cl. The second-order valence-corrected chi connectivity index (χ2v) is 4.77. The molecule has 0 heterocycles. The summed E-state index contributed by atoms with van der Waals surface area (Å²) in [5.74, 6) is 0.906. The van der Waals surface area contributed by atoms with E-state index in [2.05, 4.69) is 31.2 Å². The molecular weight excluding hydrogens is 192 g/mol. The van der Waals surface area contributed by atoms with E-state index in [1.165, 1.54) is 24.0 Å². The average molecular weight is 209 g/mol. The highest BCUT2D eigenvalue weighted by molar-refractivity contribution is 6.20. The van der Waals surface area contributed by atoms with Crippen molar-refractivity contribution < 1.29 is 0 Å². The lowest BCUT2D eigenvalue weighted by atomic mass is 10.0. The molecule has 1 aromatic rings. The van der Waals surface area contributed by atoms with Crippen LogP contribution in [0.15, 0.2) is 24.3 Å². The Hall–Kier alpha value is -0.490. The minimum Gasteiger partial charge on any atom is -0.118 e. The van der Waals surface area contributed by atoms with Crippen molar-refractivity contribution in [1.82, 2.24) is 0 Å². The molecule has 1 aliphatic rings. The molecule has 0 aliphatic heterocycles. The van der Waals surface area contributed by atoms with Gasteiger partial charge in [-0.1, -0.05) is 44.0 Å². The number of rotatable bonds is 4. The molecule has 14 heavy (non-hydrogen) atoms. The number of hydrogen-bond donors (Lipinski definition) is 0. The Morgan fingerprint density at radius 1 is 1.29 bits per heavy atom. The SMILES string of the molecule is CCc1ccc(C(Cl)CC2CC2)cc1. The van der Waals surface area contributed by atoms with Gasteiger partial charge in [0, 0.05) is 0 Å². The van der Waals surface area contributed by atoms with E-state index in [1.54, 1.807) is 0 Å². The molecule has 0 nitrogen and oxygen atoms in total. The van der Waals surface area contributed by atoms with Crippen LogP contribution in [0.2, 0.25) is 0 Å². The fourth-order valence-corrected chi connectivity index (χ4v) is 2.14. The molecule has 1 unspecified atom stereocenters. The van der Waals surface area contributed by atoms with Crippen molar-refractivity contribution in [3.63, 3.8) is 0 Å². The highest BCUT2D eigenvalue weighted by Gasteiger charge is 2.24. The summed E-state index contributed by atoms with van der Waals surface area (Å²) in [5.41, 5.74) is 2.68. The molecule has 0 saturated heterocycles. The van der Waals surface area contributed by atoms with Crippen LogP contribution in [-0.2, 0) is 6.42 Å². The maximum absolute atomic E-state index is 6.34. The second-order valence-electron chi connectivity index (χ2n) is 4.24. The normalized spacial score (nSPS) is 18.1. The van der Waals surface area contributed by atoms with Crippen LogP contribution in [0, 0.1) is 5.92 Å². The van der Waals surface area contributed by atoms with Gasteiger partial charge in [0.1, 0.15) is 0 Å². The summed E-state index contributed by atoms with van der Waals surface area (Å²) in [6.45, 7) is 2.18. The van der Waals surface area contributed by atoms with Crippen LogP contribution < -0.4 is 0 Å². The molecule has 1 heteroatoms. The highest BCUT2D eigenvalue weighted by atomic mass is 35.5. The van der Waals surface area contributed by atoms with Crippen molar-refractivity contribution in [2.75, 3.05) is 0 Å². The summed E-state index contributed by atoms with van der Waals surface area (Å²) in [7, 11) is 0. The van der Waals surface area contributed by atoms with E-state index >= 15 is 0 Å². The molecule has 0 spiro atoms. The summed E-state index contributed by atoms with van der Waals surface area (Å²) < 4.78 is 0. The summed E-state index contributed by atoms with van der Waals surface area (Å²) >= 11 is 6.34. The molecule has 1 saturated carbocycles. The maximum atomic E-state index is 6.34. The van der Waals surface area contributed by atoms with Gasteiger partial charge in [-0.15, -0.1) is 11.6 Å². The number of alkyl halides is 1. The largest absolute Gasteiger partial charge is 0.118 e. The third-order valence-electron chi connectivity index (χ3n) is 2.99. The lowest BCUT2D eigenvalue weighted by Gasteiger charge is -2.09. The zero-order chi connectivity index (χ0) is 9.97. The summed E-state index contributed by atoms with van der Waals surface area (Å²) in [6.07, 6.45) is 5.04. The first-order valence-electron chi connectivity index (χ1n) is 5.52. The first kappa shape index (κ1) is 10.0. The van der Waals surface area contributed by atoms with Gasteiger partial charge in [0.15, 0.2) is 0 Å². The van der Waals surface area contributed by atoms with Gasteiger partial charge in [-0.3, -0.25) is 0 Å². The monoisotopic (exact) mass is 208 g/mol. The Morgan fingerprint density at radius 2 is 1.93 bits per heavy atom. The predicted molar refractivity (Wildman–Crippen MR) is 61.8 cm³/mol. The van der Waals surface area contributed by atoms with Gasteiger partial charge in [0.2, 0.25) is 0 Å². The van der Waals surface area contributed by atoms with E-state index in [4.69, 9.17) is 11.6 Å². The van der Waals surface area contributed by atoms with Gasteiger partial charge in [-0.05, 0) is 29.9 Å². The van der Waals surface area contributed by atoms with Gasteiger partial charge in [-0.2, -0.15) is 0 Å². The molecule has 1 fully saturated rings. The number of aryl methyl sites for hydroxylation is 1. The standard InChI is InChI=1S/C13H17Cl/c1-2-10-5-7-12(8-6-10)13(14)9-11-3-4-11/h5-8,11,13H,2-4,9H2,1H3. The molecule has 1 aromatic carbocycles. The van der Waals surface area contributed by atoms with Crippen LogP contribution in [0.1, 0.15) is 42.7 Å². The first-order valence-corrected chi connectivity index (χ1v) is 5.96. The molecule has 0 N–H and O–H groups in total. The van der Waals surface area contributed by atoms with E-state index in [9.17, 15) is 0 Å². The quantitative estimate of drug-likeness (QED) is 0.647. The molecule has 0 amide bonds. The minimum absolute atomic E-state index is 0.230. The van der Waals surface area contributed by atoms with Crippen molar-refractivity contribution in [3.05, 3.63) is 35.4 Å². The van der Waals surface area contributed by atoms with Crippen LogP contribution in [0.3, 0.4) is 0 Å². The van der Waals surface area contributed by atoms with E-state index in [1.807, 2.05) is 0 Å². The van der Waals surface area contributed by atoms with E-state index < -0.39 is 0 Å². The van der Waals surface area contributed by atoms with Crippen molar-refractivity contribution in [2.24, 2.45) is 5.92 Å². The fourth-order valence-electron chi connectivity index (χ4n) is 1.74. The summed E-state index contributed by atoms with van der Waals surface area (Å²) in [6, 6.07) is 8.74. The molecule has 2 rings (SSSR count).